The average Bonchev–Trinajstić information content (AvgIpc) is 2.79. The van der Waals surface area contributed by atoms with Gasteiger partial charge in [-0.25, -0.2) is 0 Å². The SMILES string of the molecule is CCc1nn(C)cc1CNC(=O)c1cc(Cl)ccc1Br. The second-order valence-electron chi connectivity index (χ2n) is 4.44. The fourth-order valence-electron chi connectivity index (χ4n) is 1.97. The molecule has 0 aliphatic heterocycles. The molecule has 0 atom stereocenters. The minimum absolute atomic E-state index is 0.162. The Hall–Kier alpha value is -1.33. The number of hydrogen-bond donors (Lipinski definition) is 1. The number of aromatic nitrogens is 2. The smallest absolute Gasteiger partial charge is 0.252 e. The van der Waals surface area contributed by atoms with E-state index in [1.807, 2.05) is 20.2 Å². The zero-order valence-corrected chi connectivity index (χ0v) is 13.6. The number of hydrogen-bond acceptors (Lipinski definition) is 2. The molecule has 0 radical (unpaired) electrons. The van der Waals surface area contributed by atoms with Gasteiger partial charge in [-0.1, -0.05) is 18.5 Å². The Morgan fingerprint density at radius 1 is 1.50 bits per heavy atom. The number of carbonyl (C=O) groups excluding carboxylic acids is 1. The first-order valence-electron chi connectivity index (χ1n) is 6.26. The van der Waals surface area contributed by atoms with Gasteiger partial charge in [-0.2, -0.15) is 5.10 Å². The molecule has 0 bridgehead atoms. The molecule has 0 aliphatic carbocycles. The summed E-state index contributed by atoms with van der Waals surface area (Å²) in [4.78, 5) is 12.2. The van der Waals surface area contributed by atoms with Crippen LogP contribution in [-0.4, -0.2) is 15.7 Å². The lowest BCUT2D eigenvalue weighted by Gasteiger charge is -2.07. The van der Waals surface area contributed by atoms with Crippen molar-refractivity contribution >= 4 is 33.4 Å². The number of carbonyl (C=O) groups is 1. The highest BCUT2D eigenvalue weighted by Crippen LogP contribution is 2.21. The topological polar surface area (TPSA) is 46.9 Å². The summed E-state index contributed by atoms with van der Waals surface area (Å²) in [6.45, 7) is 2.50. The molecule has 1 heterocycles. The predicted molar refractivity (Wildman–Crippen MR) is 82.9 cm³/mol. The summed E-state index contributed by atoms with van der Waals surface area (Å²) in [5, 5.41) is 7.77. The van der Waals surface area contributed by atoms with Crippen LogP contribution in [0, 0.1) is 0 Å². The highest BCUT2D eigenvalue weighted by Gasteiger charge is 2.12. The van der Waals surface area contributed by atoms with E-state index >= 15 is 0 Å². The molecular formula is C14H15BrClN3O. The Kier molecular flexibility index (Phi) is 4.83. The van der Waals surface area contributed by atoms with Crippen LogP contribution in [0.1, 0.15) is 28.5 Å². The zero-order valence-electron chi connectivity index (χ0n) is 11.3. The van der Waals surface area contributed by atoms with Crippen molar-refractivity contribution in [3.05, 3.63) is 50.7 Å². The predicted octanol–water partition coefficient (Wildman–Crippen LogP) is 3.33. The molecule has 0 fully saturated rings. The quantitative estimate of drug-likeness (QED) is 0.913. The van der Waals surface area contributed by atoms with Crippen LogP contribution in [-0.2, 0) is 20.0 Å². The van der Waals surface area contributed by atoms with Gasteiger partial charge in [0, 0.05) is 34.8 Å². The highest BCUT2D eigenvalue weighted by atomic mass is 79.9. The minimum Gasteiger partial charge on any atom is -0.348 e. The first-order chi connectivity index (χ1) is 9.51. The van der Waals surface area contributed by atoms with Gasteiger partial charge in [0.25, 0.3) is 5.91 Å². The van der Waals surface area contributed by atoms with E-state index in [1.165, 1.54) is 0 Å². The van der Waals surface area contributed by atoms with Crippen molar-refractivity contribution in [2.75, 3.05) is 0 Å². The molecule has 0 unspecified atom stereocenters. The summed E-state index contributed by atoms with van der Waals surface area (Å²) in [6, 6.07) is 5.14. The van der Waals surface area contributed by atoms with Crippen LogP contribution in [0.5, 0.6) is 0 Å². The zero-order chi connectivity index (χ0) is 14.7. The van der Waals surface area contributed by atoms with Crippen LogP contribution in [0.15, 0.2) is 28.9 Å². The Balaban J connectivity index is 2.10. The minimum atomic E-state index is -0.162. The van der Waals surface area contributed by atoms with Crippen molar-refractivity contribution in [1.82, 2.24) is 15.1 Å². The van der Waals surface area contributed by atoms with Crippen LogP contribution in [0.4, 0.5) is 0 Å². The van der Waals surface area contributed by atoms with Gasteiger partial charge in [-0.15, -0.1) is 0 Å². The van der Waals surface area contributed by atoms with Gasteiger partial charge in [0.1, 0.15) is 0 Å². The third kappa shape index (κ3) is 3.41. The lowest BCUT2D eigenvalue weighted by atomic mass is 10.2. The molecule has 0 saturated carbocycles. The summed E-state index contributed by atoms with van der Waals surface area (Å²) in [6.07, 6.45) is 2.76. The molecule has 20 heavy (non-hydrogen) atoms. The first kappa shape index (κ1) is 15.1. The van der Waals surface area contributed by atoms with E-state index < -0.39 is 0 Å². The van der Waals surface area contributed by atoms with E-state index in [4.69, 9.17) is 11.6 Å². The van der Waals surface area contributed by atoms with Gasteiger partial charge in [-0.3, -0.25) is 9.48 Å². The van der Waals surface area contributed by atoms with E-state index in [1.54, 1.807) is 22.9 Å². The van der Waals surface area contributed by atoms with E-state index in [0.717, 1.165) is 22.2 Å². The van der Waals surface area contributed by atoms with Crippen molar-refractivity contribution in [2.24, 2.45) is 7.05 Å². The van der Waals surface area contributed by atoms with Crippen LogP contribution < -0.4 is 5.32 Å². The molecule has 1 aromatic heterocycles. The maximum absolute atomic E-state index is 12.2. The second kappa shape index (κ2) is 6.41. The molecule has 1 amide bonds. The molecule has 1 aromatic carbocycles. The fraction of sp³-hybridized carbons (Fsp3) is 0.286. The van der Waals surface area contributed by atoms with Crippen molar-refractivity contribution in [2.45, 2.75) is 19.9 Å². The summed E-state index contributed by atoms with van der Waals surface area (Å²) in [5.74, 6) is -0.162. The molecule has 4 nitrogen and oxygen atoms in total. The molecule has 0 spiro atoms. The maximum Gasteiger partial charge on any atom is 0.252 e. The lowest BCUT2D eigenvalue weighted by Crippen LogP contribution is -2.23. The lowest BCUT2D eigenvalue weighted by molar-refractivity contribution is 0.0950. The van der Waals surface area contributed by atoms with Gasteiger partial charge >= 0.3 is 0 Å². The first-order valence-corrected chi connectivity index (χ1v) is 7.43. The standard InChI is InChI=1S/C14H15BrClN3O/c1-3-13-9(8-19(2)18-13)7-17-14(20)11-6-10(16)4-5-12(11)15/h4-6,8H,3,7H2,1-2H3,(H,17,20). The van der Waals surface area contributed by atoms with Gasteiger partial charge in [0.05, 0.1) is 11.3 Å². The Labute approximate surface area is 131 Å². The van der Waals surface area contributed by atoms with E-state index in [-0.39, 0.29) is 5.91 Å². The van der Waals surface area contributed by atoms with Gasteiger partial charge < -0.3 is 5.32 Å². The highest BCUT2D eigenvalue weighted by molar-refractivity contribution is 9.10. The average molecular weight is 357 g/mol. The van der Waals surface area contributed by atoms with Crippen LogP contribution >= 0.6 is 27.5 Å². The molecule has 106 valence electrons. The molecule has 2 rings (SSSR count). The van der Waals surface area contributed by atoms with E-state index in [0.29, 0.717) is 17.1 Å². The Morgan fingerprint density at radius 2 is 2.25 bits per heavy atom. The van der Waals surface area contributed by atoms with Crippen molar-refractivity contribution < 1.29 is 4.79 Å². The van der Waals surface area contributed by atoms with Crippen LogP contribution in [0.3, 0.4) is 0 Å². The van der Waals surface area contributed by atoms with Gasteiger partial charge in [-0.05, 0) is 40.5 Å². The molecule has 0 saturated heterocycles. The van der Waals surface area contributed by atoms with Crippen molar-refractivity contribution in [3.63, 3.8) is 0 Å². The number of rotatable bonds is 4. The third-order valence-electron chi connectivity index (χ3n) is 2.94. The molecule has 2 aromatic rings. The van der Waals surface area contributed by atoms with Crippen molar-refractivity contribution in [1.29, 1.82) is 0 Å². The molecular weight excluding hydrogens is 342 g/mol. The molecule has 6 heteroatoms. The fourth-order valence-corrected chi connectivity index (χ4v) is 2.57. The molecule has 0 aliphatic rings. The number of halogens is 2. The number of benzene rings is 1. The third-order valence-corrected chi connectivity index (χ3v) is 3.87. The van der Waals surface area contributed by atoms with Gasteiger partial charge in [0.15, 0.2) is 0 Å². The molecule has 1 N–H and O–H groups in total. The van der Waals surface area contributed by atoms with Crippen molar-refractivity contribution in [3.8, 4) is 0 Å². The van der Waals surface area contributed by atoms with E-state index in [9.17, 15) is 4.79 Å². The second-order valence-corrected chi connectivity index (χ2v) is 5.73. The summed E-state index contributed by atoms with van der Waals surface area (Å²) in [7, 11) is 1.87. The Morgan fingerprint density at radius 3 is 2.95 bits per heavy atom. The Bertz CT molecular complexity index is 639. The largest absolute Gasteiger partial charge is 0.348 e. The summed E-state index contributed by atoms with van der Waals surface area (Å²) < 4.78 is 2.48. The van der Waals surface area contributed by atoms with Gasteiger partial charge in [0.2, 0.25) is 0 Å². The number of nitrogens with zero attached hydrogens (tertiary/aromatic N) is 2. The number of amides is 1. The number of nitrogens with one attached hydrogen (secondary N) is 1. The normalized spacial score (nSPS) is 10.6. The van der Waals surface area contributed by atoms with Crippen LogP contribution in [0.2, 0.25) is 5.02 Å². The monoisotopic (exact) mass is 355 g/mol. The number of aryl methyl sites for hydroxylation is 2. The summed E-state index contributed by atoms with van der Waals surface area (Å²) >= 11 is 9.27. The summed E-state index contributed by atoms with van der Waals surface area (Å²) in [5.41, 5.74) is 2.55. The van der Waals surface area contributed by atoms with E-state index in [2.05, 4.69) is 26.3 Å². The maximum atomic E-state index is 12.2. The van der Waals surface area contributed by atoms with Crippen LogP contribution in [0.25, 0.3) is 0 Å².